The zero-order chi connectivity index (χ0) is 21.0. The molecule has 0 bridgehead atoms. The highest BCUT2D eigenvalue weighted by Gasteiger charge is 2.14. The van der Waals surface area contributed by atoms with E-state index in [0.29, 0.717) is 28.8 Å². The number of hydrogen-bond donors (Lipinski definition) is 2. The van der Waals surface area contributed by atoms with Crippen molar-refractivity contribution in [2.45, 2.75) is 20.8 Å². The van der Waals surface area contributed by atoms with Crippen LogP contribution < -0.4 is 20.1 Å². The number of amides is 1. The minimum absolute atomic E-state index is 0.253. The molecular formula is C22H24N4O3. The summed E-state index contributed by atoms with van der Waals surface area (Å²) in [5.41, 5.74) is 4.62. The molecule has 1 heterocycles. The molecule has 0 saturated carbocycles. The van der Waals surface area contributed by atoms with Gasteiger partial charge in [-0.2, -0.15) is 0 Å². The van der Waals surface area contributed by atoms with Crippen LogP contribution in [0.1, 0.15) is 27.3 Å². The number of anilines is 3. The number of aromatic nitrogens is 2. The van der Waals surface area contributed by atoms with Gasteiger partial charge in [0.05, 0.1) is 19.9 Å². The summed E-state index contributed by atoms with van der Waals surface area (Å²) in [6.07, 6.45) is 0. The standard InChI is InChI=1S/C22H24N4O3/c1-13-7-6-8-17(15(13)3)25-22-23-14(2)11-19(26-22)21(27)24-18-10-9-16(28-4)12-20(18)29-5/h6-12H,1-5H3,(H,24,27)(H,23,25,26). The molecule has 29 heavy (non-hydrogen) atoms. The van der Waals surface area contributed by atoms with E-state index in [9.17, 15) is 4.79 Å². The lowest BCUT2D eigenvalue weighted by molar-refractivity contribution is 0.102. The van der Waals surface area contributed by atoms with Crippen molar-refractivity contribution in [3.05, 3.63) is 65.0 Å². The molecule has 0 saturated heterocycles. The fraction of sp³-hybridized carbons (Fsp3) is 0.227. The van der Waals surface area contributed by atoms with Crippen LogP contribution in [0.4, 0.5) is 17.3 Å². The lowest BCUT2D eigenvalue weighted by Gasteiger charge is -2.13. The molecule has 2 aromatic carbocycles. The summed E-state index contributed by atoms with van der Waals surface area (Å²) in [7, 11) is 3.10. The lowest BCUT2D eigenvalue weighted by Crippen LogP contribution is -2.16. The van der Waals surface area contributed by atoms with Crippen molar-refractivity contribution in [3.63, 3.8) is 0 Å². The summed E-state index contributed by atoms with van der Waals surface area (Å²) in [6.45, 7) is 5.89. The topological polar surface area (TPSA) is 85.4 Å². The van der Waals surface area contributed by atoms with Gasteiger partial charge in [-0.25, -0.2) is 9.97 Å². The van der Waals surface area contributed by atoms with Gasteiger partial charge in [-0.05, 0) is 56.2 Å². The monoisotopic (exact) mass is 392 g/mol. The highest BCUT2D eigenvalue weighted by molar-refractivity contribution is 6.04. The van der Waals surface area contributed by atoms with Gasteiger partial charge in [0.1, 0.15) is 17.2 Å². The van der Waals surface area contributed by atoms with Crippen LogP contribution >= 0.6 is 0 Å². The van der Waals surface area contributed by atoms with Crippen molar-refractivity contribution >= 4 is 23.2 Å². The zero-order valence-corrected chi connectivity index (χ0v) is 17.2. The first-order valence-corrected chi connectivity index (χ1v) is 9.13. The highest BCUT2D eigenvalue weighted by Crippen LogP contribution is 2.29. The number of nitrogens with zero attached hydrogens (tertiary/aromatic N) is 2. The minimum atomic E-state index is -0.358. The number of carbonyl (C=O) groups is 1. The van der Waals surface area contributed by atoms with Gasteiger partial charge < -0.3 is 20.1 Å². The Hall–Kier alpha value is -3.61. The SMILES string of the molecule is COc1ccc(NC(=O)c2cc(C)nc(Nc3cccc(C)c3C)n2)c(OC)c1. The number of benzene rings is 2. The van der Waals surface area contributed by atoms with Gasteiger partial charge in [0, 0.05) is 17.4 Å². The first kappa shape index (κ1) is 20.1. The molecule has 0 spiro atoms. The molecule has 0 fully saturated rings. The van der Waals surface area contributed by atoms with Crippen molar-refractivity contribution < 1.29 is 14.3 Å². The third-order valence-corrected chi connectivity index (χ3v) is 4.59. The third-order valence-electron chi connectivity index (χ3n) is 4.59. The number of carbonyl (C=O) groups excluding carboxylic acids is 1. The van der Waals surface area contributed by atoms with Crippen LogP contribution in [-0.4, -0.2) is 30.1 Å². The van der Waals surface area contributed by atoms with Crippen molar-refractivity contribution in [1.82, 2.24) is 9.97 Å². The molecule has 0 aliphatic carbocycles. The first-order chi connectivity index (χ1) is 13.9. The molecule has 1 aromatic heterocycles. The Kier molecular flexibility index (Phi) is 5.97. The maximum atomic E-state index is 12.8. The first-order valence-electron chi connectivity index (χ1n) is 9.13. The summed E-state index contributed by atoms with van der Waals surface area (Å²) in [4.78, 5) is 21.6. The largest absolute Gasteiger partial charge is 0.497 e. The van der Waals surface area contributed by atoms with Crippen molar-refractivity contribution in [1.29, 1.82) is 0 Å². The Bertz CT molecular complexity index is 1050. The number of methoxy groups -OCH3 is 2. The predicted octanol–water partition coefficient (Wildman–Crippen LogP) is 4.41. The predicted molar refractivity (Wildman–Crippen MR) is 113 cm³/mol. The van der Waals surface area contributed by atoms with Gasteiger partial charge in [-0.1, -0.05) is 12.1 Å². The van der Waals surface area contributed by atoms with Gasteiger partial charge in [0.2, 0.25) is 5.95 Å². The van der Waals surface area contributed by atoms with Crippen molar-refractivity contribution in [3.8, 4) is 11.5 Å². The Morgan fingerprint density at radius 2 is 1.72 bits per heavy atom. The van der Waals surface area contributed by atoms with Crippen LogP contribution in [-0.2, 0) is 0 Å². The number of ether oxygens (including phenoxy) is 2. The van der Waals surface area contributed by atoms with E-state index in [1.54, 1.807) is 31.4 Å². The van der Waals surface area contributed by atoms with E-state index < -0.39 is 0 Å². The van der Waals surface area contributed by atoms with E-state index in [2.05, 4.69) is 20.6 Å². The van der Waals surface area contributed by atoms with E-state index in [1.165, 1.54) is 7.11 Å². The Morgan fingerprint density at radius 3 is 2.45 bits per heavy atom. The maximum Gasteiger partial charge on any atom is 0.274 e. The average molecular weight is 392 g/mol. The Labute approximate surface area is 170 Å². The van der Waals surface area contributed by atoms with E-state index in [0.717, 1.165) is 16.8 Å². The molecule has 7 nitrogen and oxygen atoms in total. The fourth-order valence-corrected chi connectivity index (χ4v) is 2.84. The van der Waals surface area contributed by atoms with E-state index in [4.69, 9.17) is 9.47 Å². The molecule has 2 N–H and O–H groups in total. The van der Waals surface area contributed by atoms with E-state index in [-0.39, 0.29) is 11.6 Å². The van der Waals surface area contributed by atoms with Crippen molar-refractivity contribution in [2.24, 2.45) is 0 Å². The molecule has 7 heteroatoms. The van der Waals surface area contributed by atoms with Crippen LogP contribution in [0.25, 0.3) is 0 Å². The average Bonchev–Trinajstić information content (AvgIpc) is 2.71. The Morgan fingerprint density at radius 1 is 0.931 bits per heavy atom. The molecule has 0 aliphatic rings. The molecule has 0 aliphatic heterocycles. The molecule has 0 unspecified atom stereocenters. The molecule has 3 aromatic rings. The number of nitrogens with one attached hydrogen (secondary N) is 2. The number of aryl methyl sites for hydroxylation is 2. The zero-order valence-electron chi connectivity index (χ0n) is 17.2. The summed E-state index contributed by atoms with van der Waals surface area (Å²) in [5, 5.41) is 6.04. The van der Waals surface area contributed by atoms with Crippen LogP contribution in [0.2, 0.25) is 0 Å². The highest BCUT2D eigenvalue weighted by atomic mass is 16.5. The van der Waals surface area contributed by atoms with E-state index >= 15 is 0 Å². The lowest BCUT2D eigenvalue weighted by atomic mass is 10.1. The van der Waals surface area contributed by atoms with Gasteiger partial charge in [0.15, 0.2) is 0 Å². The molecular weight excluding hydrogens is 368 g/mol. The van der Waals surface area contributed by atoms with Crippen LogP contribution in [0.3, 0.4) is 0 Å². The second-order valence-electron chi connectivity index (χ2n) is 6.61. The summed E-state index contributed by atoms with van der Waals surface area (Å²) >= 11 is 0. The maximum absolute atomic E-state index is 12.8. The van der Waals surface area contributed by atoms with Gasteiger partial charge >= 0.3 is 0 Å². The van der Waals surface area contributed by atoms with Crippen LogP contribution in [0.15, 0.2) is 42.5 Å². The second kappa shape index (κ2) is 8.60. The number of hydrogen-bond acceptors (Lipinski definition) is 6. The minimum Gasteiger partial charge on any atom is -0.497 e. The summed E-state index contributed by atoms with van der Waals surface area (Å²) in [5.74, 6) is 1.14. The smallest absolute Gasteiger partial charge is 0.274 e. The second-order valence-corrected chi connectivity index (χ2v) is 6.61. The summed E-state index contributed by atoms with van der Waals surface area (Å²) in [6, 6.07) is 12.8. The van der Waals surface area contributed by atoms with Crippen LogP contribution in [0, 0.1) is 20.8 Å². The van der Waals surface area contributed by atoms with Gasteiger partial charge in [-0.15, -0.1) is 0 Å². The molecule has 0 radical (unpaired) electrons. The Balaban J connectivity index is 1.86. The molecule has 1 amide bonds. The fourth-order valence-electron chi connectivity index (χ4n) is 2.84. The normalized spacial score (nSPS) is 10.4. The summed E-state index contributed by atoms with van der Waals surface area (Å²) < 4.78 is 10.5. The van der Waals surface area contributed by atoms with Crippen molar-refractivity contribution in [2.75, 3.05) is 24.9 Å². The van der Waals surface area contributed by atoms with E-state index in [1.807, 2.05) is 39.0 Å². The van der Waals surface area contributed by atoms with Crippen LogP contribution in [0.5, 0.6) is 11.5 Å². The molecule has 3 rings (SSSR count). The third kappa shape index (κ3) is 4.63. The van der Waals surface area contributed by atoms with Gasteiger partial charge in [0.25, 0.3) is 5.91 Å². The molecule has 150 valence electrons. The number of rotatable bonds is 6. The quantitative estimate of drug-likeness (QED) is 0.646. The molecule has 0 atom stereocenters. The van der Waals surface area contributed by atoms with Gasteiger partial charge in [-0.3, -0.25) is 4.79 Å².